The number of phosphoric acid groups is 1. The standard InChI is InChI=1S/C14H17Cl2O7P/c15-11-3-4-13(12(16)9-11)20-10-14(17)19-5-1-6-21-24(18)22-7-2-8-23-24/h3-4,9H,1-2,5-8,10H2. The molecule has 1 heterocycles. The van der Waals surface area contributed by atoms with Gasteiger partial charge in [-0.15, -0.1) is 0 Å². The van der Waals surface area contributed by atoms with E-state index < -0.39 is 13.8 Å². The Balaban J connectivity index is 1.59. The normalized spacial score (nSPS) is 16.6. The van der Waals surface area contributed by atoms with Crippen LogP contribution in [0.25, 0.3) is 0 Å². The predicted molar refractivity (Wildman–Crippen MR) is 87.6 cm³/mol. The van der Waals surface area contributed by atoms with Gasteiger partial charge in [0.15, 0.2) is 6.61 Å². The lowest BCUT2D eigenvalue weighted by Gasteiger charge is -2.21. The van der Waals surface area contributed by atoms with Crippen LogP contribution in [0.15, 0.2) is 18.2 Å². The van der Waals surface area contributed by atoms with Crippen molar-refractivity contribution in [1.29, 1.82) is 0 Å². The van der Waals surface area contributed by atoms with Crippen molar-refractivity contribution in [3.05, 3.63) is 28.2 Å². The Bertz CT molecular complexity index is 601. The van der Waals surface area contributed by atoms with E-state index in [1.54, 1.807) is 12.1 Å². The lowest BCUT2D eigenvalue weighted by molar-refractivity contribution is -0.146. The molecule has 2 rings (SSSR count). The minimum Gasteiger partial charge on any atom is -0.480 e. The van der Waals surface area contributed by atoms with Crippen LogP contribution in [0.5, 0.6) is 5.75 Å². The SMILES string of the molecule is O=C(COc1ccc(Cl)cc1Cl)OCCCOP1(=O)OCCCO1. The fourth-order valence-corrected chi connectivity index (χ4v) is 3.46. The maximum Gasteiger partial charge on any atom is 0.474 e. The summed E-state index contributed by atoms with van der Waals surface area (Å²) in [6.45, 7) is 0.589. The molecule has 0 aliphatic carbocycles. The first-order valence-electron chi connectivity index (χ1n) is 7.26. The maximum atomic E-state index is 11.8. The second-order valence-electron chi connectivity index (χ2n) is 4.74. The molecule has 0 bridgehead atoms. The molecule has 1 saturated heterocycles. The van der Waals surface area contributed by atoms with Gasteiger partial charge >= 0.3 is 13.8 Å². The lowest BCUT2D eigenvalue weighted by atomic mass is 10.3. The molecule has 1 aliphatic heterocycles. The molecular formula is C14H17Cl2O7P. The van der Waals surface area contributed by atoms with Crippen LogP contribution in [0.2, 0.25) is 10.0 Å². The Kier molecular flexibility index (Phi) is 7.81. The molecular weight excluding hydrogens is 382 g/mol. The summed E-state index contributed by atoms with van der Waals surface area (Å²) < 4.78 is 37.0. The molecule has 1 aromatic rings. The van der Waals surface area contributed by atoms with E-state index in [-0.39, 0.29) is 19.8 Å². The first kappa shape index (κ1) is 19.5. The first-order valence-corrected chi connectivity index (χ1v) is 9.47. The summed E-state index contributed by atoms with van der Waals surface area (Å²) in [6.07, 6.45) is 1.03. The van der Waals surface area contributed by atoms with E-state index in [2.05, 4.69) is 0 Å². The second-order valence-corrected chi connectivity index (χ2v) is 7.25. The largest absolute Gasteiger partial charge is 0.480 e. The quantitative estimate of drug-likeness (QED) is 0.373. The molecule has 7 nitrogen and oxygen atoms in total. The molecule has 0 amide bonds. The van der Waals surface area contributed by atoms with E-state index in [0.717, 1.165) is 0 Å². The van der Waals surface area contributed by atoms with Gasteiger partial charge in [0.2, 0.25) is 0 Å². The first-order chi connectivity index (χ1) is 11.5. The Morgan fingerprint density at radius 3 is 2.67 bits per heavy atom. The van der Waals surface area contributed by atoms with Crippen molar-refractivity contribution in [3.63, 3.8) is 0 Å². The number of halogens is 2. The van der Waals surface area contributed by atoms with E-state index in [1.807, 2.05) is 0 Å². The van der Waals surface area contributed by atoms with Gasteiger partial charge in [-0.05, 0) is 24.6 Å². The van der Waals surface area contributed by atoms with Crippen LogP contribution >= 0.6 is 31.0 Å². The smallest absolute Gasteiger partial charge is 0.474 e. The van der Waals surface area contributed by atoms with Gasteiger partial charge in [0.25, 0.3) is 0 Å². The number of carbonyl (C=O) groups is 1. The molecule has 0 unspecified atom stereocenters. The summed E-state index contributed by atoms with van der Waals surface area (Å²) in [5.41, 5.74) is 0. The average molecular weight is 399 g/mol. The van der Waals surface area contributed by atoms with Gasteiger partial charge in [-0.2, -0.15) is 0 Å². The molecule has 0 spiro atoms. The number of hydrogen-bond acceptors (Lipinski definition) is 7. The minimum atomic E-state index is -3.43. The van der Waals surface area contributed by atoms with E-state index in [0.29, 0.717) is 41.9 Å². The fourth-order valence-electron chi connectivity index (χ4n) is 1.72. The van der Waals surface area contributed by atoms with Crippen molar-refractivity contribution >= 4 is 37.0 Å². The zero-order valence-corrected chi connectivity index (χ0v) is 15.1. The summed E-state index contributed by atoms with van der Waals surface area (Å²) in [6, 6.07) is 4.68. The van der Waals surface area contributed by atoms with E-state index >= 15 is 0 Å². The highest BCUT2D eigenvalue weighted by Crippen LogP contribution is 2.51. The van der Waals surface area contributed by atoms with Gasteiger partial charge in [0.05, 0.1) is 31.5 Å². The van der Waals surface area contributed by atoms with Gasteiger partial charge in [0, 0.05) is 11.4 Å². The fraction of sp³-hybridized carbons (Fsp3) is 0.500. The van der Waals surface area contributed by atoms with Gasteiger partial charge < -0.3 is 9.47 Å². The Hall–Kier alpha value is -0.820. The van der Waals surface area contributed by atoms with Crippen LogP contribution in [0, 0.1) is 0 Å². The maximum absolute atomic E-state index is 11.8. The third kappa shape index (κ3) is 6.59. The zero-order chi connectivity index (χ0) is 17.4. The number of carbonyl (C=O) groups excluding carboxylic acids is 1. The zero-order valence-electron chi connectivity index (χ0n) is 12.7. The van der Waals surface area contributed by atoms with Crippen molar-refractivity contribution in [1.82, 2.24) is 0 Å². The van der Waals surface area contributed by atoms with Crippen molar-refractivity contribution < 1.29 is 32.4 Å². The topological polar surface area (TPSA) is 80.3 Å². The molecule has 1 fully saturated rings. The summed E-state index contributed by atoms with van der Waals surface area (Å²) >= 11 is 11.7. The van der Waals surface area contributed by atoms with Crippen LogP contribution in [-0.4, -0.2) is 39.0 Å². The van der Waals surface area contributed by atoms with E-state index in [4.69, 9.17) is 46.2 Å². The summed E-state index contributed by atoms with van der Waals surface area (Å²) in [5.74, 6) is -0.219. The van der Waals surface area contributed by atoms with E-state index in [1.165, 1.54) is 6.07 Å². The Labute approximate surface area is 149 Å². The van der Waals surface area contributed by atoms with Gasteiger partial charge in [-0.1, -0.05) is 23.2 Å². The number of benzene rings is 1. The third-order valence-electron chi connectivity index (χ3n) is 2.83. The monoisotopic (exact) mass is 398 g/mol. The number of phosphoric ester groups is 1. The summed E-state index contributed by atoms with van der Waals surface area (Å²) in [7, 11) is -3.43. The number of hydrogen-bond donors (Lipinski definition) is 0. The van der Waals surface area contributed by atoms with Crippen LogP contribution in [-0.2, 0) is 27.7 Å². The molecule has 1 aromatic carbocycles. The Morgan fingerprint density at radius 1 is 1.21 bits per heavy atom. The summed E-state index contributed by atoms with van der Waals surface area (Å²) in [5, 5.41) is 0.778. The molecule has 10 heteroatoms. The lowest BCUT2D eigenvalue weighted by Crippen LogP contribution is -2.16. The van der Waals surface area contributed by atoms with Crippen molar-refractivity contribution in [2.75, 3.05) is 33.0 Å². The Morgan fingerprint density at radius 2 is 1.96 bits per heavy atom. The highest BCUT2D eigenvalue weighted by atomic mass is 35.5. The third-order valence-corrected chi connectivity index (χ3v) is 4.85. The molecule has 0 radical (unpaired) electrons. The van der Waals surface area contributed by atoms with Gasteiger partial charge in [0.1, 0.15) is 5.75 Å². The van der Waals surface area contributed by atoms with Crippen LogP contribution < -0.4 is 4.74 Å². The van der Waals surface area contributed by atoms with Crippen molar-refractivity contribution in [2.24, 2.45) is 0 Å². The number of ether oxygens (including phenoxy) is 2. The van der Waals surface area contributed by atoms with Gasteiger partial charge in [-0.3, -0.25) is 13.6 Å². The highest BCUT2D eigenvalue weighted by Gasteiger charge is 2.29. The molecule has 1 aliphatic rings. The van der Waals surface area contributed by atoms with Crippen LogP contribution in [0.4, 0.5) is 0 Å². The average Bonchev–Trinajstić information content (AvgIpc) is 2.54. The number of rotatable bonds is 8. The summed E-state index contributed by atoms with van der Waals surface area (Å²) in [4.78, 5) is 11.6. The molecule has 0 saturated carbocycles. The van der Waals surface area contributed by atoms with E-state index in [9.17, 15) is 9.36 Å². The number of esters is 1. The highest BCUT2D eigenvalue weighted by molar-refractivity contribution is 7.48. The molecule has 0 atom stereocenters. The van der Waals surface area contributed by atoms with Crippen LogP contribution in [0.3, 0.4) is 0 Å². The van der Waals surface area contributed by atoms with Gasteiger partial charge in [-0.25, -0.2) is 9.36 Å². The van der Waals surface area contributed by atoms with Crippen molar-refractivity contribution in [2.45, 2.75) is 12.8 Å². The van der Waals surface area contributed by atoms with Crippen LogP contribution in [0.1, 0.15) is 12.8 Å². The second kappa shape index (κ2) is 9.61. The molecule has 0 aromatic heterocycles. The molecule has 0 N–H and O–H groups in total. The minimum absolute atomic E-state index is 0.0917. The molecule has 134 valence electrons. The molecule has 24 heavy (non-hydrogen) atoms. The predicted octanol–water partition coefficient (Wildman–Crippen LogP) is 3.87. The van der Waals surface area contributed by atoms with Crippen molar-refractivity contribution in [3.8, 4) is 5.75 Å².